The van der Waals surface area contributed by atoms with E-state index in [1.807, 2.05) is 29.6 Å². The van der Waals surface area contributed by atoms with E-state index in [0.29, 0.717) is 5.75 Å². The van der Waals surface area contributed by atoms with Crippen molar-refractivity contribution in [1.29, 1.82) is 0 Å². The van der Waals surface area contributed by atoms with Gasteiger partial charge in [0.25, 0.3) is 0 Å². The summed E-state index contributed by atoms with van der Waals surface area (Å²) >= 11 is 1.67. The minimum Gasteiger partial charge on any atom is -0.508 e. The van der Waals surface area contributed by atoms with Crippen molar-refractivity contribution in [1.82, 2.24) is 0 Å². The number of hydrogen-bond donors (Lipinski definition) is 2. The van der Waals surface area contributed by atoms with Gasteiger partial charge in [0, 0.05) is 10.9 Å². The SMILES string of the molecule is NC(Cc1cccc(O)c1)c1cccs1. The number of phenolic OH excluding ortho intramolecular Hbond substituents is 1. The number of aromatic hydroxyl groups is 1. The second-order valence-electron chi connectivity index (χ2n) is 3.50. The summed E-state index contributed by atoms with van der Waals surface area (Å²) in [5.74, 6) is 0.297. The Bertz CT molecular complexity index is 425. The van der Waals surface area contributed by atoms with Crippen LogP contribution in [-0.4, -0.2) is 5.11 Å². The van der Waals surface area contributed by atoms with E-state index in [1.54, 1.807) is 23.5 Å². The van der Waals surface area contributed by atoms with Crippen LogP contribution in [0.15, 0.2) is 41.8 Å². The molecule has 15 heavy (non-hydrogen) atoms. The van der Waals surface area contributed by atoms with Crippen molar-refractivity contribution in [2.75, 3.05) is 0 Å². The normalized spacial score (nSPS) is 12.6. The number of hydrogen-bond acceptors (Lipinski definition) is 3. The number of phenols is 1. The summed E-state index contributed by atoms with van der Waals surface area (Å²) in [5, 5.41) is 11.3. The molecule has 0 amide bonds. The monoisotopic (exact) mass is 219 g/mol. The minimum atomic E-state index is 0.0202. The first-order valence-corrected chi connectivity index (χ1v) is 5.70. The van der Waals surface area contributed by atoms with Gasteiger partial charge in [-0.25, -0.2) is 0 Å². The summed E-state index contributed by atoms with van der Waals surface area (Å²) in [6, 6.07) is 11.3. The van der Waals surface area contributed by atoms with E-state index in [4.69, 9.17) is 5.73 Å². The maximum atomic E-state index is 9.32. The summed E-state index contributed by atoms with van der Waals surface area (Å²) < 4.78 is 0. The molecule has 2 aromatic rings. The second-order valence-corrected chi connectivity index (χ2v) is 4.48. The molecular formula is C12H13NOS. The lowest BCUT2D eigenvalue weighted by molar-refractivity contribution is 0.474. The Morgan fingerprint density at radius 3 is 2.80 bits per heavy atom. The average molecular weight is 219 g/mol. The molecule has 2 nitrogen and oxygen atoms in total. The number of nitrogens with two attached hydrogens (primary N) is 1. The Labute approximate surface area is 93.0 Å². The van der Waals surface area contributed by atoms with Gasteiger partial charge in [-0.1, -0.05) is 18.2 Å². The van der Waals surface area contributed by atoms with Gasteiger partial charge in [-0.3, -0.25) is 0 Å². The predicted octanol–water partition coefficient (Wildman–Crippen LogP) is 2.70. The van der Waals surface area contributed by atoms with Crippen LogP contribution in [0.5, 0.6) is 5.75 Å². The van der Waals surface area contributed by atoms with E-state index >= 15 is 0 Å². The smallest absolute Gasteiger partial charge is 0.115 e. The first-order chi connectivity index (χ1) is 7.25. The highest BCUT2D eigenvalue weighted by molar-refractivity contribution is 7.10. The first kappa shape index (κ1) is 10.2. The standard InChI is InChI=1S/C12H13NOS/c13-11(12-5-2-6-15-12)8-9-3-1-4-10(14)7-9/h1-7,11,14H,8,13H2. The van der Waals surface area contributed by atoms with Crippen molar-refractivity contribution in [2.24, 2.45) is 5.73 Å². The molecule has 1 atom stereocenters. The van der Waals surface area contributed by atoms with Crippen molar-refractivity contribution in [2.45, 2.75) is 12.5 Å². The molecule has 3 heteroatoms. The van der Waals surface area contributed by atoms with Gasteiger partial charge in [0.15, 0.2) is 0 Å². The number of thiophene rings is 1. The maximum Gasteiger partial charge on any atom is 0.115 e. The zero-order valence-corrected chi connectivity index (χ0v) is 9.08. The molecule has 0 aliphatic rings. The Morgan fingerprint density at radius 2 is 2.13 bits per heavy atom. The highest BCUT2D eigenvalue weighted by Gasteiger charge is 2.07. The predicted molar refractivity (Wildman–Crippen MR) is 63.1 cm³/mol. The van der Waals surface area contributed by atoms with Crippen LogP contribution < -0.4 is 5.73 Å². The zero-order chi connectivity index (χ0) is 10.7. The first-order valence-electron chi connectivity index (χ1n) is 4.82. The van der Waals surface area contributed by atoms with Crippen molar-refractivity contribution in [3.05, 3.63) is 52.2 Å². The van der Waals surface area contributed by atoms with Crippen LogP contribution in [0.2, 0.25) is 0 Å². The molecular weight excluding hydrogens is 206 g/mol. The third-order valence-electron chi connectivity index (χ3n) is 2.27. The Hall–Kier alpha value is -1.32. The molecule has 1 heterocycles. The molecule has 0 saturated carbocycles. The van der Waals surface area contributed by atoms with Crippen LogP contribution in [0.3, 0.4) is 0 Å². The Balaban J connectivity index is 2.09. The van der Waals surface area contributed by atoms with Crippen molar-refractivity contribution >= 4 is 11.3 Å². The van der Waals surface area contributed by atoms with E-state index in [9.17, 15) is 5.11 Å². The summed E-state index contributed by atoms with van der Waals surface area (Å²) in [6.07, 6.45) is 0.759. The molecule has 0 bridgehead atoms. The van der Waals surface area contributed by atoms with Gasteiger partial charge < -0.3 is 10.8 Å². The zero-order valence-electron chi connectivity index (χ0n) is 8.26. The van der Waals surface area contributed by atoms with Crippen LogP contribution >= 0.6 is 11.3 Å². The molecule has 0 aliphatic carbocycles. The third-order valence-corrected chi connectivity index (χ3v) is 3.28. The Morgan fingerprint density at radius 1 is 1.27 bits per heavy atom. The Kier molecular flexibility index (Phi) is 3.04. The van der Waals surface area contributed by atoms with Gasteiger partial charge in [-0.2, -0.15) is 0 Å². The van der Waals surface area contributed by atoms with Crippen molar-refractivity contribution in [3.63, 3.8) is 0 Å². The molecule has 0 aliphatic heterocycles. The molecule has 0 spiro atoms. The number of rotatable bonds is 3. The highest BCUT2D eigenvalue weighted by atomic mass is 32.1. The van der Waals surface area contributed by atoms with Gasteiger partial charge in [0.2, 0.25) is 0 Å². The molecule has 1 aromatic heterocycles. The summed E-state index contributed by atoms with van der Waals surface area (Å²) in [5.41, 5.74) is 7.12. The van der Waals surface area contributed by atoms with Crippen LogP contribution in [0.4, 0.5) is 0 Å². The van der Waals surface area contributed by atoms with Crippen LogP contribution in [0.25, 0.3) is 0 Å². The van der Waals surface area contributed by atoms with E-state index in [-0.39, 0.29) is 6.04 Å². The molecule has 1 aromatic carbocycles. The maximum absolute atomic E-state index is 9.32. The van der Waals surface area contributed by atoms with Gasteiger partial charge in [-0.15, -0.1) is 11.3 Å². The third kappa shape index (κ3) is 2.58. The molecule has 3 N–H and O–H groups in total. The fraction of sp³-hybridized carbons (Fsp3) is 0.167. The molecule has 78 valence electrons. The van der Waals surface area contributed by atoms with Gasteiger partial charge in [-0.05, 0) is 35.6 Å². The molecule has 1 unspecified atom stereocenters. The lowest BCUT2D eigenvalue weighted by Crippen LogP contribution is -2.11. The van der Waals surface area contributed by atoms with Crippen LogP contribution in [0.1, 0.15) is 16.5 Å². The molecule has 0 radical (unpaired) electrons. The summed E-state index contributed by atoms with van der Waals surface area (Å²) in [6.45, 7) is 0. The molecule has 2 rings (SSSR count). The topological polar surface area (TPSA) is 46.2 Å². The van der Waals surface area contributed by atoms with E-state index < -0.39 is 0 Å². The fourth-order valence-corrected chi connectivity index (χ4v) is 2.27. The van der Waals surface area contributed by atoms with E-state index in [1.165, 1.54) is 4.88 Å². The summed E-state index contributed by atoms with van der Waals surface area (Å²) in [4.78, 5) is 1.18. The highest BCUT2D eigenvalue weighted by Crippen LogP contribution is 2.22. The van der Waals surface area contributed by atoms with Crippen molar-refractivity contribution in [3.8, 4) is 5.75 Å². The number of benzene rings is 1. The lowest BCUT2D eigenvalue weighted by Gasteiger charge is -2.09. The van der Waals surface area contributed by atoms with Crippen LogP contribution in [-0.2, 0) is 6.42 Å². The summed E-state index contributed by atoms with van der Waals surface area (Å²) in [7, 11) is 0. The minimum absolute atomic E-state index is 0.0202. The van der Waals surface area contributed by atoms with Crippen molar-refractivity contribution < 1.29 is 5.11 Å². The average Bonchev–Trinajstić information content (AvgIpc) is 2.70. The lowest BCUT2D eigenvalue weighted by atomic mass is 10.1. The molecule has 0 fully saturated rings. The quantitative estimate of drug-likeness (QED) is 0.833. The fourth-order valence-electron chi connectivity index (χ4n) is 1.54. The largest absolute Gasteiger partial charge is 0.508 e. The van der Waals surface area contributed by atoms with Gasteiger partial charge >= 0.3 is 0 Å². The molecule has 0 saturated heterocycles. The van der Waals surface area contributed by atoms with E-state index in [0.717, 1.165) is 12.0 Å². The van der Waals surface area contributed by atoms with Gasteiger partial charge in [0.1, 0.15) is 5.75 Å². The van der Waals surface area contributed by atoms with E-state index in [2.05, 4.69) is 0 Å². The van der Waals surface area contributed by atoms with Crippen LogP contribution in [0, 0.1) is 0 Å². The van der Waals surface area contributed by atoms with Gasteiger partial charge in [0.05, 0.1) is 0 Å². The second kappa shape index (κ2) is 4.47.